The van der Waals surface area contributed by atoms with E-state index >= 15 is 0 Å². The number of nitrogens with zero attached hydrogens (tertiary/aromatic N) is 1. The molecular formula is C27H38N2O4. The third-order valence-corrected chi connectivity index (χ3v) is 6.28. The highest BCUT2D eigenvalue weighted by atomic mass is 16.5. The van der Waals surface area contributed by atoms with Gasteiger partial charge in [-0.25, -0.2) is 0 Å². The van der Waals surface area contributed by atoms with E-state index in [1.165, 1.54) is 5.56 Å². The smallest absolute Gasteiger partial charge is 0.161 e. The van der Waals surface area contributed by atoms with Crippen molar-refractivity contribution in [3.63, 3.8) is 0 Å². The topological polar surface area (TPSA) is 72.7 Å². The molecule has 0 heterocycles. The Balaban J connectivity index is 1.88. The standard InChI is InChI=1S/C27H38N2O4/c1-20(2)27(19-28,22-11-13-24(31-4)26(18-22)33-6)14-8-16-29-15-7-9-21-10-12-23(30-3)25(17-21)32-5/h10-13,17-18,20,29H,7-9,14-16H2,1-6H3. The summed E-state index contributed by atoms with van der Waals surface area (Å²) in [5, 5.41) is 13.7. The molecule has 180 valence electrons. The second-order valence-corrected chi connectivity index (χ2v) is 8.45. The van der Waals surface area contributed by atoms with Crippen LogP contribution in [0.1, 0.15) is 44.2 Å². The van der Waals surface area contributed by atoms with Gasteiger partial charge in [-0.05, 0) is 80.1 Å². The first-order valence-corrected chi connectivity index (χ1v) is 11.5. The molecule has 0 saturated carbocycles. The first kappa shape index (κ1) is 26.3. The Hall–Kier alpha value is -2.91. The molecule has 0 fully saturated rings. The van der Waals surface area contributed by atoms with Crippen LogP contribution in [0.5, 0.6) is 23.0 Å². The molecule has 0 aliphatic carbocycles. The summed E-state index contributed by atoms with van der Waals surface area (Å²) in [6.07, 6.45) is 3.68. The molecule has 1 atom stereocenters. The predicted molar refractivity (Wildman–Crippen MR) is 132 cm³/mol. The Morgan fingerprint density at radius 3 is 1.97 bits per heavy atom. The zero-order valence-electron chi connectivity index (χ0n) is 20.9. The van der Waals surface area contributed by atoms with Crippen molar-refractivity contribution >= 4 is 0 Å². The minimum absolute atomic E-state index is 0.172. The lowest BCUT2D eigenvalue weighted by Crippen LogP contribution is -2.32. The van der Waals surface area contributed by atoms with Crippen LogP contribution >= 0.6 is 0 Å². The zero-order valence-corrected chi connectivity index (χ0v) is 20.9. The second-order valence-electron chi connectivity index (χ2n) is 8.45. The molecule has 33 heavy (non-hydrogen) atoms. The third-order valence-electron chi connectivity index (χ3n) is 6.28. The number of hydrogen-bond acceptors (Lipinski definition) is 6. The molecule has 0 spiro atoms. The summed E-state index contributed by atoms with van der Waals surface area (Å²) in [7, 11) is 6.54. The van der Waals surface area contributed by atoms with Gasteiger partial charge in [0, 0.05) is 0 Å². The number of benzene rings is 2. The van der Waals surface area contributed by atoms with Crippen LogP contribution in [-0.2, 0) is 11.8 Å². The molecule has 0 amide bonds. The molecule has 0 aromatic heterocycles. The van der Waals surface area contributed by atoms with Crippen molar-refractivity contribution in [2.45, 2.75) is 44.9 Å². The number of ether oxygens (including phenoxy) is 4. The van der Waals surface area contributed by atoms with Crippen LogP contribution in [0.15, 0.2) is 36.4 Å². The van der Waals surface area contributed by atoms with Gasteiger partial charge in [0.25, 0.3) is 0 Å². The molecule has 0 bridgehead atoms. The summed E-state index contributed by atoms with van der Waals surface area (Å²) < 4.78 is 21.5. The minimum atomic E-state index is -0.569. The molecule has 0 aliphatic rings. The first-order valence-electron chi connectivity index (χ1n) is 11.5. The molecule has 1 N–H and O–H groups in total. The van der Waals surface area contributed by atoms with Gasteiger partial charge in [0.05, 0.1) is 39.9 Å². The van der Waals surface area contributed by atoms with Crippen molar-refractivity contribution in [3.05, 3.63) is 47.5 Å². The van der Waals surface area contributed by atoms with Gasteiger partial charge in [0.1, 0.15) is 0 Å². The quantitative estimate of drug-likeness (QED) is 0.399. The molecule has 0 saturated heterocycles. The van der Waals surface area contributed by atoms with E-state index < -0.39 is 5.41 Å². The lowest BCUT2D eigenvalue weighted by molar-refractivity contribution is 0.341. The fourth-order valence-electron chi connectivity index (χ4n) is 4.20. The summed E-state index contributed by atoms with van der Waals surface area (Å²) >= 11 is 0. The van der Waals surface area contributed by atoms with Gasteiger partial charge in [0.2, 0.25) is 0 Å². The van der Waals surface area contributed by atoms with Gasteiger partial charge >= 0.3 is 0 Å². The Bertz CT molecular complexity index is 923. The number of aryl methyl sites for hydroxylation is 1. The van der Waals surface area contributed by atoms with Crippen LogP contribution in [0, 0.1) is 17.2 Å². The van der Waals surface area contributed by atoms with Crippen LogP contribution in [-0.4, -0.2) is 41.5 Å². The molecule has 2 aromatic rings. The number of nitriles is 1. The van der Waals surface area contributed by atoms with Crippen molar-refractivity contribution in [1.29, 1.82) is 5.26 Å². The van der Waals surface area contributed by atoms with E-state index in [1.807, 2.05) is 30.3 Å². The van der Waals surface area contributed by atoms with E-state index in [1.54, 1.807) is 28.4 Å². The van der Waals surface area contributed by atoms with Gasteiger partial charge in [-0.15, -0.1) is 0 Å². The third kappa shape index (κ3) is 6.55. The Labute approximate surface area is 198 Å². The summed E-state index contributed by atoms with van der Waals surface area (Å²) in [4.78, 5) is 0. The number of rotatable bonds is 14. The maximum atomic E-state index is 10.2. The summed E-state index contributed by atoms with van der Waals surface area (Å²) in [6.45, 7) is 6.01. The Kier molecular flexibility index (Phi) is 10.3. The molecule has 2 rings (SSSR count). The van der Waals surface area contributed by atoms with Gasteiger partial charge < -0.3 is 24.3 Å². The molecule has 0 radical (unpaired) electrons. The number of methoxy groups -OCH3 is 4. The lowest BCUT2D eigenvalue weighted by atomic mass is 9.70. The monoisotopic (exact) mass is 454 g/mol. The fourth-order valence-corrected chi connectivity index (χ4v) is 4.20. The normalized spacial score (nSPS) is 12.7. The highest BCUT2D eigenvalue weighted by Crippen LogP contribution is 2.40. The van der Waals surface area contributed by atoms with E-state index in [9.17, 15) is 5.26 Å². The van der Waals surface area contributed by atoms with E-state index in [-0.39, 0.29) is 5.92 Å². The van der Waals surface area contributed by atoms with Gasteiger partial charge in [-0.3, -0.25) is 0 Å². The van der Waals surface area contributed by atoms with Crippen molar-refractivity contribution in [1.82, 2.24) is 5.32 Å². The Morgan fingerprint density at radius 1 is 0.818 bits per heavy atom. The van der Waals surface area contributed by atoms with Crippen LogP contribution in [0.2, 0.25) is 0 Å². The maximum absolute atomic E-state index is 10.2. The van der Waals surface area contributed by atoms with Crippen LogP contribution < -0.4 is 24.3 Å². The number of hydrogen-bond donors (Lipinski definition) is 1. The van der Waals surface area contributed by atoms with E-state index in [0.29, 0.717) is 11.5 Å². The van der Waals surface area contributed by atoms with Crippen molar-refractivity contribution in [2.24, 2.45) is 5.92 Å². The van der Waals surface area contributed by atoms with Crippen molar-refractivity contribution < 1.29 is 18.9 Å². The van der Waals surface area contributed by atoms with Crippen molar-refractivity contribution in [3.8, 4) is 29.1 Å². The van der Waals surface area contributed by atoms with Crippen LogP contribution in [0.4, 0.5) is 0 Å². The molecule has 6 heteroatoms. The molecule has 0 aliphatic heterocycles. The minimum Gasteiger partial charge on any atom is -0.493 e. The Morgan fingerprint density at radius 2 is 1.39 bits per heavy atom. The highest BCUT2D eigenvalue weighted by molar-refractivity contribution is 5.47. The number of nitrogens with one attached hydrogen (secondary N) is 1. The predicted octanol–water partition coefficient (Wildman–Crippen LogP) is 5.14. The largest absolute Gasteiger partial charge is 0.493 e. The molecule has 1 unspecified atom stereocenters. The van der Waals surface area contributed by atoms with Gasteiger partial charge in [-0.2, -0.15) is 5.26 Å². The van der Waals surface area contributed by atoms with Gasteiger partial charge in [-0.1, -0.05) is 26.0 Å². The zero-order chi connectivity index (χ0) is 24.3. The summed E-state index contributed by atoms with van der Waals surface area (Å²) in [6, 6.07) is 14.5. The SMILES string of the molecule is COc1ccc(CCCNCCCC(C#N)(c2ccc(OC)c(OC)c2)C(C)C)cc1OC. The van der Waals surface area contributed by atoms with E-state index in [4.69, 9.17) is 18.9 Å². The van der Waals surface area contributed by atoms with Crippen LogP contribution in [0.3, 0.4) is 0 Å². The summed E-state index contributed by atoms with van der Waals surface area (Å²) in [5.74, 6) is 3.02. The first-order chi connectivity index (χ1) is 15.9. The second kappa shape index (κ2) is 13.0. The fraction of sp³-hybridized carbons (Fsp3) is 0.519. The highest BCUT2D eigenvalue weighted by Gasteiger charge is 2.36. The van der Waals surface area contributed by atoms with Crippen LogP contribution in [0.25, 0.3) is 0 Å². The van der Waals surface area contributed by atoms with Crippen molar-refractivity contribution in [2.75, 3.05) is 41.5 Å². The molecule has 6 nitrogen and oxygen atoms in total. The molecular weight excluding hydrogens is 416 g/mol. The maximum Gasteiger partial charge on any atom is 0.161 e. The summed E-state index contributed by atoms with van der Waals surface area (Å²) in [5.41, 5.74) is 1.64. The lowest BCUT2D eigenvalue weighted by Gasteiger charge is -2.32. The molecule has 2 aromatic carbocycles. The van der Waals surface area contributed by atoms with Gasteiger partial charge in [0.15, 0.2) is 23.0 Å². The average Bonchev–Trinajstić information content (AvgIpc) is 2.85. The van der Waals surface area contributed by atoms with E-state index in [2.05, 4.69) is 31.3 Å². The van der Waals surface area contributed by atoms with E-state index in [0.717, 1.165) is 55.8 Å². The average molecular weight is 455 g/mol.